The van der Waals surface area contributed by atoms with Crippen molar-refractivity contribution in [3.63, 3.8) is 0 Å². The van der Waals surface area contributed by atoms with Crippen molar-refractivity contribution < 1.29 is 9.59 Å². The molecule has 0 aliphatic rings. The Bertz CT molecular complexity index is 950. The van der Waals surface area contributed by atoms with E-state index in [1.807, 2.05) is 60.7 Å². The van der Waals surface area contributed by atoms with Gasteiger partial charge < -0.3 is 10.2 Å². The van der Waals surface area contributed by atoms with Gasteiger partial charge in [0, 0.05) is 19.4 Å². The molecular weight excluding hydrogens is 419 g/mol. The van der Waals surface area contributed by atoms with E-state index in [0.29, 0.717) is 15.7 Å². The molecule has 0 saturated carbocycles. The van der Waals surface area contributed by atoms with E-state index in [4.69, 9.17) is 23.2 Å². The third kappa shape index (κ3) is 5.62. The molecule has 3 rings (SSSR count). The first-order valence-corrected chi connectivity index (χ1v) is 10.3. The molecule has 1 N–H and O–H groups in total. The van der Waals surface area contributed by atoms with Crippen LogP contribution in [0, 0.1) is 0 Å². The molecule has 0 heterocycles. The van der Waals surface area contributed by atoms with Gasteiger partial charge in [-0.1, -0.05) is 89.9 Å². The van der Waals surface area contributed by atoms with Crippen molar-refractivity contribution in [2.75, 3.05) is 18.9 Å². The van der Waals surface area contributed by atoms with Crippen LogP contribution in [-0.4, -0.2) is 30.3 Å². The van der Waals surface area contributed by atoms with Gasteiger partial charge in [0.25, 0.3) is 0 Å². The highest BCUT2D eigenvalue weighted by Crippen LogP contribution is 2.30. The van der Waals surface area contributed by atoms with Gasteiger partial charge in [-0.05, 0) is 23.3 Å². The van der Waals surface area contributed by atoms with Crippen LogP contribution in [0.15, 0.2) is 78.9 Å². The normalized spacial score (nSPS) is 10.7. The zero-order valence-electron chi connectivity index (χ0n) is 16.5. The summed E-state index contributed by atoms with van der Waals surface area (Å²) < 4.78 is 0. The van der Waals surface area contributed by atoms with Crippen LogP contribution in [0.5, 0.6) is 0 Å². The average Bonchev–Trinajstić information content (AvgIpc) is 2.75. The topological polar surface area (TPSA) is 49.4 Å². The predicted molar refractivity (Wildman–Crippen MR) is 122 cm³/mol. The fourth-order valence-electron chi connectivity index (χ4n) is 3.23. The van der Waals surface area contributed by atoms with E-state index in [1.165, 1.54) is 4.90 Å². The molecule has 0 unspecified atom stereocenters. The third-order valence-corrected chi connectivity index (χ3v) is 5.45. The SMILES string of the molecule is CN(CC(=O)Nc1c(Cl)cccc1Cl)C(=O)CC(c1ccccc1)c1ccccc1. The van der Waals surface area contributed by atoms with E-state index in [9.17, 15) is 9.59 Å². The zero-order chi connectivity index (χ0) is 21.5. The molecule has 2 amide bonds. The van der Waals surface area contributed by atoms with Crippen molar-refractivity contribution >= 4 is 40.7 Å². The van der Waals surface area contributed by atoms with Crippen LogP contribution in [0.1, 0.15) is 23.5 Å². The van der Waals surface area contributed by atoms with Crippen molar-refractivity contribution in [1.82, 2.24) is 4.90 Å². The monoisotopic (exact) mass is 440 g/mol. The molecule has 6 heteroatoms. The number of para-hydroxylation sites is 1. The van der Waals surface area contributed by atoms with Gasteiger partial charge in [0.05, 0.1) is 22.3 Å². The molecule has 0 aliphatic carbocycles. The highest BCUT2D eigenvalue weighted by Gasteiger charge is 2.22. The molecule has 4 nitrogen and oxygen atoms in total. The van der Waals surface area contributed by atoms with Crippen molar-refractivity contribution in [3.8, 4) is 0 Å². The number of amides is 2. The van der Waals surface area contributed by atoms with Gasteiger partial charge in [0.1, 0.15) is 0 Å². The number of anilines is 1. The molecular formula is C24H22Cl2N2O2. The molecule has 0 radical (unpaired) electrons. The van der Waals surface area contributed by atoms with Crippen LogP contribution >= 0.6 is 23.2 Å². The lowest BCUT2D eigenvalue weighted by molar-refractivity contribution is -0.133. The number of rotatable bonds is 7. The standard InChI is InChI=1S/C24H22Cl2N2O2/c1-28(16-22(29)27-24-20(25)13-8-14-21(24)26)23(30)15-19(17-9-4-2-5-10-17)18-11-6-3-7-12-18/h2-14,19H,15-16H2,1H3,(H,27,29). The quantitative estimate of drug-likeness (QED) is 0.518. The summed E-state index contributed by atoms with van der Waals surface area (Å²) in [6.45, 7) is -0.101. The Hall–Kier alpha value is -2.82. The van der Waals surface area contributed by atoms with E-state index in [2.05, 4.69) is 5.32 Å². The van der Waals surface area contributed by atoms with E-state index >= 15 is 0 Å². The van der Waals surface area contributed by atoms with Crippen molar-refractivity contribution in [2.45, 2.75) is 12.3 Å². The molecule has 0 aromatic heterocycles. The molecule has 0 fully saturated rings. The van der Waals surface area contributed by atoms with E-state index in [-0.39, 0.29) is 30.7 Å². The number of nitrogens with zero attached hydrogens (tertiary/aromatic N) is 1. The Morgan fingerprint density at radius 2 is 1.33 bits per heavy atom. The number of benzene rings is 3. The van der Waals surface area contributed by atoms with Gasteiger partial charge in [0.2, 0.25) is 11.8 Å². The van der Waals surface area contributed by atoms with Crippen molar-refractivity contribution in [2.24, 2.45) is 0 Å². The highest BCUT2D eigenvalue weighted by atomic mass is 35.5. The largest absolute Gasteiger partial charge is 0.336 e. The number of likely N-dealkylation sites (N-methyl/N-ethyl adjacent to an activating group) is 1. The maximum absolute atomic E-state index is 12.9. The molecule has 3 aromatic carbocycles. The first-order chi connectivity index (χ1) is 14.5. The van der Waals surface area contributed by atoms with E-state index < -0.39 is 0 Å². The number of hydrogen-bond acceptors (Lipinski definition) is 2. The minimum absolute atomic E-state index is 0.0941. The van der Waals surface area contributed by atoms with Gasteiger partial charge >= 0.3 is 0 Å². The molecule has 0 bridgehead atoms. The Labute approximate surface area is 186 Å². The van der Waals surface area contributed by atoms with Gasteiger partial charge in [-0.2, -0.15) is 0 Å². The van der Waals surface area contributed by atoms with E-state index in [0.717, 1.165) is 11.1 Å². The number of nitrogens with one attached hydrogen (secondary N) is 1. The minimum atomic E-state index is -0.364. The lowest BCUT2D eigenvalue weighted by atomic mass is 9.88. The smallest absolute Gasteiger partial charge is 0.244 e. The molecule has 0 atom stereocenters. The average molecular weight is 441 g/mol. The Balaban J connectivity index is 1.69. The zero-order valence-corrected chi connectivity index (χ0v) is 18.0. The first-order valence-electron chi connectivity index (χ1n) is 9.53. The lowest BCUT2D eigenvalue weighted by Crippen LogP contribution is -2.35. The molecule has 0 spiro atoms. The summed E-state index contributed by atoms with van der Waals surface area (Å²) in [6.07, 6.45) is 0.255. The van der Waals surface area contributed by atoms with Crippen LogP contribution in [0.4, 0.5) is 5.69 Å². The second-order valence-corrected chi connectivity index (χ2v) is 7.79. The summed E-state index contributed by atoms with van der Waals surface area (Å²) >= 11 is 12.2. The summed E-state index contributed by atoms with van der Waals surface area (Å²) in [7, 11) is 1.61. The van der Waals surface area contributed by atoms with Crippen LogP contribution in [-0.2, 0) is 9.59 Å². The van der Waals surface area contributed by atoms with Crippen molar-refractivity contribution in [3.05, 3.63) is 100 Å². The number of halogens is 2. The molecule has 0 aliphatic heterocycles. The molecule has 154 valence electrons. The summed E-state index contributed by atoms with van der Waals surface area (Å²) in [5.41, 5.74) is 2.45. The highest BCUT2D eigenvalue weighted by molar-refractivity contribution is 6.39. The fraction of sp³-hybridized carbons (Fsp3) is 0.167. The predicted octanol–water partition coefficient (Wildman–Crippen LogP) is 5.61. The maximum atomic E-state index is 12.9. The second kappa shape index (κ2) is 10.3. The van der Waals surface area contributed by atoms with Crippen LogP contribution in [0.2, 0.25) is 10.0 Å². The number of carbonyl (C=O) groups is 2. The van der Waals surface area contributed by atoms with Gasteiger partial charge in [0.15, 0.2) is 0 Å². The molecule has 0 saturated heterocycles. The van der Waals surface area contributed by atoms with Crippen molar-refractivity contribution in [1.29, 1.82) is 0 Å². The first kappa shape index (κ1) is 21.9. The van der Waals surface area contributed by atoms with Crippen LogP contribution in [0.25, 0.3) is 0 Å². The lowest BCUT2D eigenvalue weighted by Gasteiger charge is -2.22. The Morgan fingerprint density at radius 1 is 0.833 bits per heavy atom. The number of hydrogen-bond donors (Lipinski definition) is 1. The molecule has 3 aromatic rings. The molecule has 30 heavy (non-hydrogen) atoms. The third-order valence-electron chi connectivity index (χ3n) is 4.82. The summed E-state index contributed by atoms with van der Waals surface area (Å²) in [4.78, 5) is 26.8. The second-order valence-electron chi connectivity index (χ2n) is 6.97. The Morgan fingerprint density at radius 3 is 1.83 bits per heavy atom. The number of carbonyl (C=O) groups excluding carboxylic acids is 2. The summed E-state index contributed by atoms with van der Waals surface area (Å²) in [6, 6.07) is 24.8. The summed E-state index contributed by atoms with van der Waals surface area (Å²) in [5, 5.41) is 3.38. The van der Waals surface area contributed by atoms with Gasteiger partial charge in [-0.15, -0.1) is 0 Å². The van der Waals surface area contributed by atoms with Gasteiger partial charge in [-0.3, -0.25) is 9.59 Å². The van der Waals surface area contributed by atoms with Crippen LogP contribution < -0.4 is 5.32 Å². The minimum Gasteiger partial charge on any atom is -0.336 e. The van der Waals surface area contributed by atoms with E-state index in [1.54, 1.807) is 25.2 Å². The summed E-state index contributed by atoms with van der Waals surface area (Å²) in [5.74, 6) is -0.589. The fourth-order valence-corrected chi connectivity index (χ4v) is 3.72. The maximum Gasteiger partial charge on any atom is 0.244 e. The Kier molecular flexibility index (Phi) is 7.50. The van der Waals surface area contributed by atoms with Crippen LogP contribution in [0.3, 0.4) is 0 Å². The van der Waals surface area contributed by atoms with Gasteiger partial charge in [-0.25, -0.2) is 0 Å².